The van der Waals surface area contributed by atoms with Crippen molar-refractivity contribution in [3.63, 3.8) is 0 Å². The van der Waals surface area contributed by atoms with Crippen LogP contribution in [0.2, 0.25) is 0 Å². The standard InChI is InChI=1S/C28H31IO15/c1-9-20(32)23(35)25(37)27(41-9)40-8-17-21(33)24(36)26(38)28(44-17)43-16-7-15-18(22(34)19(16)29)12(31)6-14(42-15)10-3-4-13(39-2)11(30)5-10/h3-7,9,17,20-21,23-28,30,32-38H,8H2,1-2H3/t9-,17+,20-,21+,23+,24-,25+,26+,27+,28+/m0/s1. The Balaban J connectivity index is 1.40. The first-order valence-corrected chi connectivity index (χ1v) is 14.4. The highest BCUT2D eigenvalue weighted by molar-refractivity contribution is 14.1. The monoisotopic (exact) mass is 734 g/mol. The average molecular weight is 734 g/mol. The van der Waals surface area contributed by atoms with Crippen LogP contribution in [0.5, 0.6) is 23.0 Å². The molecule has 3 heterocycles. The second-order valence-electron chi connectivity index (χ2n) is 10.4. The van der Waals surface area contributed by atoms with E-state index >= 15 is 0 Å². The second kappa shape index (κ2) is 12.9. The number of aliphatic hydroxyl groups is 6. The molecule has 3 aromatic rings. The van der Waals surface area contributed by atoms with Gasteiger partial charge in [0.25, 0.3) is 0 Å². The van der Waals surface area contributed by atoms with Gasteiger partial charge < -0.3 is 69.0 Å². The van der Waals surface area contributed by atoms with Gasteiger partial charge in [0.15, 0.2) is 23.2 Å². The van der Waals surface area contributed by atoms with Crippen LogP contribution in [-0.2, 0) is 14.2 Å². The van der Waals surface area contributed by atoms with Gasteiger partial charge in [-0.05, 0) is 47.7 Å². The largest absolute Gasteiger partial charge is 0.506 e. The second-order valence-corrected chi connectivity index (χ2v) is 11.5. The van der Waals surface area contributed by atoms with Gasteiger partial charge >= 0.3 is 0 Å². The number of benzene rings is 2. The number of aliphatic hydroxyl groups excluding tert-OH is 6. The Hall–Kier alpha value is -2.78. The van der Waals surface area contributed by atoms with Crippen molar-refractivity contribution in [2.75, 3.05) is 13.7 Å². The number of phenolic OH excluding ortho intramolecular Hbond substituents is 2. The van der Waals surface area contributed by atoms with E-state index in [1.54, 1.807) is 28.7 Å². The maximum atomic E-state index is 13.0. The van der Waals surface area contributed by atoms with Gasteiger partial charge in [0.1, 0.15) is 71.0 Å². The van der Waals surface area contributed by atoms with Crippen LogP contribution in [0.4, 0.5) is 0 Å². The molecular formula is C28H31IO15. The summed E-state index contributed by atoms with van der Waals surface area (Å²) >= 11 is 1.71. The van der Waals surface area contributed by atoms with E-state index in [1.807, 2.05) is 0 Å². The lowest BCUT2D eigenvalue weighted by Gasteiger charge is -2.42. The van der Waals surface area contributed by atoms with Crippen LogP contribution in [0.15, 0.2) is 39.5 Å². The van der Waals surface area contributed by atoms with Crippen LogP contribution in [-0.4, -0.2) is 116 Å². The molecule has 2 saturated heterocycles. The number of hydrogen-bond acceptors (Lipinski definition) is 15. The van der Waals surface area contributed by atoms with Crippen molar-refractivity contribution in [2.45, 2.75) is 68.3 Å². The lowest BCUT2D eigenvalue weighted by Crippen LogP contribution is -2.61. The fourth-order valence-electron chi connectivity index (χ4n) is 4.94. The first-order chi connectivity index (χ1) is 20.8. The number of hydrogen-bond donors (Lipinski definition) is 8. The van der Waals surface area contributed by atoms with Gasteiger partial charge in [-0.2, -0.15) is 0 Å². The van der Waals surface area contributed by atoms with Crippen molar-refractivity contribution in [1.82, 2.24) is 0 Å². The number of aromatic hydroxyl groups is 2. The lowest BCUT2D eigenvalue weighted by molar-refractivity contribution is -0.318. The molecule has 0 aliphatic carbocycles. The number of ether oxygens (including phenoxy) is 5. The molecule has 0 unspecified atom stereocenters. The molecule has 15 nitrogen and oxygen atoms in total. The van der Waals surface area contributed by atoms with E-state index in [4.69, 9.17) is 28.1 Å². The molecule has 0 radical (unpaired) electrons. The zero-order chi connectivity index (χ0) is 32.0. The summed E-state index contributed by atoms with van der Waals surface area (Å²) in [6.45, 7) is 0.952. The summed E-state index contributed by atoms with van der Waals surface area (Å²) in [4.78, 5) is 13.0. The van der Waals surface area contributed by atoms with Crippen molar-refractivity contribution in [3.05, 3.63) is 44.1 Å². The number of methoxy groups -OCH3 is 1. The molecule has 0 saturated carbocycles. The fourth-order valence-corrected chi connectivity index (χ4v) is 5.50. The van der Waals surface area contributed by atoms with Crippen LogP contribution in [0, 0.1) is 3.57 Å². The fraction of sp³-hybridized carbons (Fsp3) is 0.464. The third kappa shape index (κ3) is 6.06. The van der Waals surface area contributed by atoms with Crippen LogP contribution >= 0.6 is 22.6 Å². The maximum Gasteiger partial charge on any atom is 0.229 e. The van der Waals surface area contributed by atoms with Crippen molar-refractivity contribution >= 4 is 33.6 Å². The third-order valence-electron chi connectivity index (χ3n) is 7.51. The zero-order valence-electron chi connectivity index (χ0n) is 23.2. The van der Waals surface area contributed by atoms with E-state index in [9.17, 15) is 45.6 Å². The van der Waals surface area contributed by atoms with Crippen LogP contribution < -0.4 is 14.9 Å². The molecule has 2 aliphatic heterocycles. The number of rotatable bonds is 7. The molecule has 2 fully saturated rings. The molecule has 8 N–H and O–H groups in total. The Morgan fingerprint density at radius 1 is 0.841 bits per heavy atom. The molecule has 0 amide bonds. The molecule has 0 bridgehead atoms. The molecule has 240 valence electrons. The molecule has 2 aromatic carbocycles. The topological polar surface area (TPSA) is 238 Å². The van der Waals surface area contributed by atoms with Gasteiger partial charge in [-0.25, -0.2) is 0 Å². The summed E-state index contributed by atoms with van der Waals surface area (Å²) in [6, 6.07) is 6.77. The third-order valence-corrected chi connectivity index (χ3v) is 8.55. The van der Waals surface area contributed by atoms with Gasteiger partial charge in [-0.3, -0.25) is 4.79 Å². The van der Waals surface area contributed by atoms with Gasteiger partial charge in [0, 0.05) is 17.7 Å². The van der Waals surface area contributed by atoms with Crippen LogP contribution in [0.3, 0.4) is 0 Å². The van der Waals surface area contributed by atoms with Crippen molar-refractivity contribution in [1.29, 1.82) is 0 Å². The first-order valence-electron chi connectivity index (χ1n) is 13.4. The van der Waals surface area contributed by atoms with Crippen molar-refractivity contribution in [3.8, 4) is 34.3 Å². The summed E-state index contributed by atoms with van der Waals surface area (Å²) in [5.41, 5.74) is -0.376. The van der Waals surface area contributed by atoms with E-state index in [0.29, 0.717) is 5.56 Å². The molecule has 5 rings (SSSR count). The first kappa shape index (κ1) is 32.6. The van der Waals surface area contributed by atoms with E-state index < -0.39 is 79.2 Å². The maximum absolute atomic E-state index is 13.0. The van der Waals surface area contributed by atoms with E-state index in [0.717, 1.165) is 6.07 Å². The summed E-state index contributed by atoms with van der Waals surface area (Å²) in [6.07, 6.45) is -15.1. The Labute approximate surface area is 262 Å². The predicted molar refractivity (Wildman–Crippen MR) is 156 cm³/mol. The lowest BCUT2D eigenvalue weighted by atomic mass is 9.98. The zero-order valence-corrected chi connectivity index (χ0v) is 25.3. The number of fused-ring (bicyclic) bond motifs is 1. The van der Waals surface area contributed by atoms with E-state index in [-0.39, 0.29) is 37.5 Å². The number of phenols is 2. The minimum absolute atomic E-state index is 0.0433. The SMILES string of the molecule is COc1ccc(-c2cc(=O)c3c(O)c(I)c(O[C@@H]4O[C@H](CO[C@@H]5O[C@@H](C)[C@H](O)[C@@H](O)[C@H]5O)[C@@H](O)[C@H](O)[C@H]4O)cc3o2)cc1O. The Kier molecular flexibility index (Phi) is 9.57. The normalized spacial score (nSPS) is 32.5. The minimum Gasteiger partial charge on any atom is -0.506 e. The van der Waals surface area contributed by atoms with E-state index in [2.05, 4.69) is 0 Å². The highest BCUT2D eigenvalue weighted by Crippen LogP contribution is 2.39. The highest BCUT2D eigenvalue weighted by atomic mass is 127. The summed E-state index contributed by atoms with van der Waals surface area (Å²) in [5, 5.41) is 82.6. The van der Waals surface area contributed by atoms with Crippen LogP contribution in [0.25, 0.3) is 22.3 Å². The van der Waals surface area contributed by atoms with Crippen molar-refractivity contribution < 1.29 is 69.0 Å². The predicted octanol–water partition coefficient (Wildman–Crippen LogP) is -0.485. The molecular weight excluding hydrogens is 703 g/mol. The molecule has 10 atom stereocenters. The average Bonchev–Trinajstić information content (AvgIpc) is 3.00. The van der Waals surface area contributed by atoms with Crippen LogP contribution in [0.1, 0.15) is 6.92 Å². The highest BCUT2D eigenvalue weighted by Gasteiger charge is 2.47. The molecule has 1 aromatic heterocycles. The van der Waals surface area contributed by atoms with Gasteiger partial charge in [-0.15, -0.1) is 0 Å². The summed E-state index contributed by atoms with van der Waals surface area (Å²) in [7, 11) is 1.38. The Bertz CT molecular complexity index is 1560. The van der Waals surface area contributed by atoms with Gasteiger partial charge in [0.05, 0.1) is 23.4 Å². The molecule has 16 heteroatoms. The van der Waals surface area contributed by atoms with E-state index in [1.165, 1.54) is 32.2 Å². The smallest absolute Gasteiger partial charge is 0.229 e. The molecule has 2 aliphatic rings. The molecule has 0 spiro atoms. The van der Waals surface area contributed by atoms with Gasteiger partial charge in [-0.1, -0.05) is 0 Å². The minimum atomic E-state index is -1.79. The number of halogens is 1. The van der Waals surface area contributed by atoms with Crippen molar-refractivity contribution in [2.24, 2.45) is 0 Å². The Morgan fingerprint density at radius 3 is 2.20 bits per heavy atom. The van der Waals surface area contributed by atoms with Gasteiger partial charge in [0.2, 0.25) is 6.29 Å². The molecule has 44 heavy (non-hydrogen) atoms. The quantitative estimate of drug-likeness (QED) is 0.143. The summed E-state index contributed by atoms with van der Waals surface area (Å²) in [5.74, 6) is -0.540. The summed E-state index contributed by atoms with van der Waals surface area (Å²) < 4.78 is 33.3. The Morgan fingerprint density at radius 2 is 1.52 bits per heavy atom.